The van der Waals surface area contributed by atoms with Crippen molar-refractivity contribution in [2.75, 3.05) is 43.6 Å². The maximum absolute atomic E-state index is 12.8. The van der Waals surface area contributed by atoms with Gasteiger partial charge in [-0.15, -0.1) is 0 Å². The third-order valence-corrected chi connectivity index (χ3v) is 6.14. The van der Waals surface area contributed by atoms with Crippen LogP contribution < -0.4 is 24.2 Å². The Kier molecular flexibility index (Phi) is 7.14. The van der Waals surface area contributed by atoms with E-state index in [1.54, 1.807) is 49.6 Å². The standard InChI is InChI=1S/C23H23N3O7S/c1-30-11-12-33-23-19(3-2-10-24-23)22(27)25-16-4-6-17(7-5-16)26-34(28,29)18-8-9-20-21(15-18)32-14-13-31-20/h2-10,15,26H,11-14H2,1H3,(H,25,27). The summed E-state index contributed by atoms with van der Waals surface area (Å²) in [6.45, 7) is 1.40. The Morgan fingerprint density at radius 1 is 1.00 bits per heavy atom. The van der Waals surface area contributed by atoms with E-state index < -0.39 is 15.9 Å². The van der Waals surface area contributed by atoms with Crippen LogP contribution in [0.1, 0.15) is 10.4 Å². The molecule has 34 heavy (non-hydrogen) atoms. The Labute approximate surface area is 196 Å². The average molecular weight is 486 g/mol. The number of carbonyl (C=O) groups is 1. The molecule has 178 valence electrons. The molecule has 1 aliphatic rings. The predicted octanol–water partition coefficient (Wildman–Crippen LogP) is 2.93. The number of sulfonamides is 1. The fourth-order valence-corrected chi connectivity index (χ4v) is 4.20. The quantitative estimate of drug-likeness (QED) is 0.443. The predicted molar refractivity (Wildman–Crippen MR) is 124 cm³/mol. The molecular formula is C23H23N3O7S. The monoisotopic (exact) mass is 485 g/mol. The summed E-state index contributed by atoms with van der Waals surface area (Å²) in [5.41, 5.74) is 1.07. The first-order valence-corrected chi connectivity index (χ1v) is 11.9. The number of ether oxygens (including phenoxy) is 4. The van der Waals surface area contributed by atoms with Crippen LogP contribution in [0, 0.1) is 0 Å². The normalized spacial score (nSPS) is 12.6. The molecule has 0 spiro atoms. The summed E-state index contributed by atoms with van der Waals surface area (Å²) in [7, 11) is -2.30. The van der Waals surface area contributed by atoms with Gasteiger partial charge in [0.25, 0.3) is 15.9 Å². The Morgan fingerprint density at radius 3 is 2.50 bits per heavy atom. The number of nitrogens with one attached hydrogen (secondary N) is 2. The lowest BCUT2D eigenvalue weighted by molar-refractivity contribution is 0.101. The molecule has 2 heterocycles. The minimum absolute atomic E-state index is 0.0479. The number of nitrogens with zero attached hydrogens (tertiary/aromatic N) is 1. The number of fused-ring (bicyclic) bond motifs is 1. The maximum Gasteiger partial charge on any atom is 0.262 e. The van der Waals surface area contributed by atoms with E-state index in [1.807, 2.05) is 0 Å². The van der Waals surface area contributed by atoms with Crippen molar-refractivity contribution in [3.8, 4) is 17.4 Å². The van der Waals surface area contributed by atoms with Crippen molar-refractivity contribution in [1.82, 2.24) is 4.98 Å². The highest BCUT2D eigenvalue weighted by atomic mass is 32.2. The van der Waals surface area contributed by atoms with Crippen molar-refractivity contribution in [2.45, 2.75) is 4.90 Å². The number of methoxy groups -OCH3 is 1. The Hall–Kier alpha value is -3.83. The molecule has 0 unspecified atom stereocenters. The largest absolute Gasteiger partial charge is 0.486 e. The van der Waals surface area contributed by atoms with Crippen molar-refractivity contribution in [2.24, 2.45) is 0 Å². The zero-order valence-electron chi connectivity index (χ0n) is 18.3. The molecule has 1 aliphatic heterocycles. The van der Waals surface area contributed by atoms with E-state index in [1.165, 1.54) is 18.3 Å². The molecule has 1 aromatic heterocycles. The Morgan fingerprint density at radius 2 is 1.74 bits per heavy atom. The molecule has 0 radical (unpaired) electrons. The van der Waals surface area contributed by atoms with Gasteiger partial charge in [0.1, 0.15) is 25.4 Å². The lowest BCUT2D eigenvalue weighted by Crippen LogP contribution is -2.17. The first-order valence-electron chi connectivity index (χ1n) is 10.4. The highest BCUT2D eigenvalue weighted by molar-refractivity contribution is 7.92. The second kappa shape index (κ2) is 10.4. The Bertz CT molecular complexity index is 1260. The summed E-state index contributed by atoms with van der Waals surface area (Å²) in [5, 5.41) is 2.75. The molecule has 3 aromatic rings. The van der Waals surface area contributed by atoms with Gasteiger partial charge in [0, 0.05) is 30.7 Å². The van der Waals surface area contributed by atoms with Crippen molar-refractivity contribution in [1.29, 1.82) is 0 Å². The van der Waals surface area contributed by atoms with E-state index in [2.05, 4.69) is 15.0 Å². The van der Waals surface area contributed by atoms with Gasteiger partial charge in [-0.05, 0) is 48.5 Å². The van der Waals surface area contributed by atoms with Gasteiger partial charge >= 0.3 is 0 Å². The number of anilines is 2. The topological polar surface area (TPSA) is 125 Å². The van der Waals surface area contributed by atoms with Crippen LogP contribution in [0.5, 0.6) is 17.4 Å². The lowest BCUT2D eigenvalue weighted by atomic mass is 10.2. The van der Waals surface area contributed by atoms with Crippen molar-refractivity contribution < 1.29 is 32.2 Å². The molecule has 2 aromatic carbocycles. The highest BCUT2D eigenvalue weighted by Crippen LogP contribution is 2.32. The van der Waals surface area contributed by atoms with Gasteiger partial charge in [-0.2, -0.15) is 0 Å². The molecule has 10 nitrogen and oxygen atoms in total. The van der Waals surface area contributed by atoms with E-state index in [4.69, 9.17) is 18.9 Å². The van der Waals surface area contributed by atoms with Gasteiger partial charge in [0.2, 0.25) is 5.88 Å². The van der Waals surface area contributed by atoms with Crippen LogP contribution in [0.2, 0.25) is 0 Å². The fraction of sp³-hybridized carbons (Fsp3) is 0.217. The second-order valence-electron chi connectivity index (χ2n) is 7.14. The number of pyridine rings is 1. The molecule has 0 aliphatic carbocycles. The zero-order chi connectivity index (χ0) is 24.0. The van der Waals surface area contributed by atoms with Crippen LogP contribution in [-0.2, 0) is 14.8 Å². The third kappa shape index (κ3) is 5.56. The summed E-state index contributed by atoms with van der Waals surface area (Å²) in [6, 6.07) is 13.9. The zero-order valence-corrected chi connectivity index (χ0v) is 19.1. The van der Waals surface area contributed by atoms with E-state index in [9.17, 15) is 13.2 Å². The number of hydrogen-bond donors (Lipinski definition) is 2. The summed E-state index contributed by atoms with van der Waals surface area (Å²) >= 11 is 0. The van der Waals surface area contributed by atoms with Crippen molar-refractivity contribution in [3.63, 3.8) is 0 Å². The van der Waals surface area contributed by atoms with Gasteiger partial charge in [-0.3, -0.25) is 9.52 Å². The van der Waals surface area contributed by atoms with E-state index in [0.29, 0.717) is 42.7 Å². The van der Waals surface area contributed by atoms with Crippen LogP contribution >= 0.6 is 0 Å². The van der Waals surface area contributed by atoms with Crippen LogP contribution in [0.25, 0.3) is 0 Å². The lowest BCUT2D eigenvalue weighted by Gasteiger charge is -2.19. The number of rotatable bonds is 9. The van der Waals surface area contributed by atoms with Gasteiger partial charge in [0.05, 0.1) is 11.5 Å². The molecule has 0 fully saturated rings. The SMILES string of the molecule is COCCOc1ncccc1C(=O)Nc1ccc(NS(=O)(=O)c2ccc3c(c2)OCCO3)cc1. The number of hydrogen-bond acceptors (Lipinski definition) is 8. The number of amides is 1. The molecule has 11 heteroatoms. The molecule has 0 bridgehead atoms. The smallest absolute Gasteiger partial charge is 0.262 e. The molecule has 1 amide bonds. The van der Waals surface area contributed by atoms with Crippen molar-refractivity contribution >= 4 is 27.3 Å². The van der Waals surface area contributed by atoms with E-state index in [0.717, 1.165) is 0 Å². The van der Waals surface area contributed by atoms with Gasteiger partial charge in [0.15, 0.2) is 11.5 Å². The molecular weight excluding hydrogens is 462 g/mol. The first kappa shape index (κ1) is 23.3. The minimum atomic E-state index is -3.85. The summed E-state index contributed by atoms with van der Waals surface area (Å²) in [4.78, 5) is 16.8. The van der Waals surface area contributed by atoms with Crippen LogP contribution in [0.15, 0.2) is 65.7 Å². The van der Waals surface area contributed by atoms with E-state index in [-0.39, 0.29) is 22.9 Å². The average Bonchev–Trinajstić information content (AvgIpc) is 2.85. The molecule has 0 saturated carbocycles. The number of benzene rings is 2. The van der Waals surface area contributed by atoms with Gasteiger partial charge < -0.3 is 24.3 Å². The molecule has 4 rings (SSSR count). The van der Waals surface area contributed by atoms with Crippen LogP contribution in [0.3, 0.4) is 0 Å². The maximum atomic E-state index is 12.8. The molecule has 0 saturated heterocycles. The van der Waals surface area contributed by atoms with Crippen LogP contribution in [-0.4, -0.2) is 52.8 Å². The first-order chi connectivity index (χ1) is 16.5. The number of carbonyl (C=O) groups excluding carboxylic acids is 1. The van der Waals surface area contributed by atoms with Gasteiger partial charge in [-0.25, -0.2) is 13.4 Å². The summed E-state index contributed by atoms with van der Waals surface area (Å²) in [6.07, 6.45) is 1.53. The number of aromatic nitrogens is 1. The highest BCUT2D eigenvalue weighted by Gasteiger charge is 2.20. The van der Waals surface area contributed by atoms with Gasteiger partial charge in [-0.1, -0.05) is 0 Å². The van der Waals surface area contributed by atoms with Crippen molar-refractivity contribution in [3.05, 3.63) is 66.4 Å². The molecule has 2 N–H and O–H groups in total. The fourth-order valence-electron chi connectivity index (χ4n) is 3.13. The molecule has 0 atom stereocenters. The van der Waals surface area contributed by atoms with Crippen LogP contribution in [0.4, 0.5) is 11.4 Å². The Balaban J connectivity index is 1.42. The second-order valence-corrected chi connectivity index (χ2v) is 8.82. The van der Waals surface area contributed by atoms with E-state index >= 15 is 0 Å². The minimum Gasteiger partial charge on any atom is -0.486 e. The summed E-state index contributed by atoms with van der Waals surface area (Å²) < 4.78 is 49.4. The summed E-state index contributed by atoms with van der Waals surface area (Å²) in [5.74, 6) is 0.672. The third-order valence-electron chi connectivity index (χ3n) is 4.76.